The molecule has 0 radical (unpaired) electrons. The number of nitrogens with two attached hydrogens (primary N) is 1. The second-order valence-corrected chi connectivity index (χ2v) is 14.3. The summed E-state index contributed by atoms with van der Waals surface area (Å²) in [6.07, 6.45) is -1.84. The molecule has 1 saturated heterocycles. The molecule has 1 unspecified atom stereocenters. The number of halogens is 5. The molecule has 0 bridgehead atoms. The first-order valence-corrected chi connectivity index (χ1v) is 18.2. The van der Waals surface area contributed by atoms with Gasteiger partial charge in [-0.1, -0.05) is 30.3 Å². The van der Waals surface area contributed by atoms with Gasteiger partial charge in [-0.3, -0.25) is 19.5 Å². The lowest BCUT2D eigenvalue weighted by molar-refractivity contribution is -0.292. The maximum atomic E-state index is 13.7. The Morgan fingerprint density at radius 2 is 1.60 bits per heavy atom. The van der Waals surface area contributed by atoms with E-state index < -0.39 is 29.9 Å². The van der Waals surface area contributed by atoms with Gasteiger partial charge in [-0.25, -0.2) is 4.98 Å². The third kappa shape index (κ3) is 9.36. The molecule has 16 heteroatoms. The Balaban J connectivity index is 1.15. The van der Waals surface area contributed by atoms with Crippen molar-refractivity contribution < 1.29 is 36.3 Å². The van der Waals surface area contributed by atoms with Crippen molar-refractivity contribution in [2.45, 2.75) is 69.6 Å². The normalized spacial score (nSPS) is 19.4. The van der Waals surface area contributed by atoms with Gasteiger partial charge in [0, 0.05) is 41.7 Å². The largest absolute Gasteiger partial charge is 0.461 e. The van der Waals surface area contributed by atoms with Crippen LogP contribution in [0.1, 0.15) is 59.4 Å². The second kappa shape index (κ2) is 16.7. The van der Waals surface area contributed by atoms with Gasteiger partial charge in [-0.15, -0.1) is 0 Å². The first-order chi connectivity index (χ1) is 26.2. The fraction of sp³-hybridized carbons (Fsp3) is 0.410. The number of hydrogen-bond acceptors (Lipinski definition) is 7. The van der Waals surface area contributed by atoms with Crippen molar-refractivity contribution in [2.75, 3.05) is 25.0 Å². The van der Waals surface area contributed by atoms with Crippen LogP contribution in [0.5, 0.6) is 0 Å². The molecule has 3 amide bonds. The van der Waals surface area contributed by atoms with Crippen LogP contribution >= 0.6 is 0 Å². The van der Waals surface area contributed by atoms with Crippen LogP contribution in [0.2, 0.25) is 0 Å². The maximum Gasteiger partial charge on any atom is 0.461 e. The summed E-state index contributed by atoms with van der Waals surface area (Å²) in [5, 5.41) is 17.2. The molecule has 1 aliphatic carbocycles. The van der Waals surface area contributed by atoms with Crippen LogP contribution in [0.25, 0.3) is 22.5 Å². The van der Waals surface area contributed by atoms with Crippen LogP contribution in [0, 0.1) is 18.8 Å². The Hall–Kier alpha value is -5.22. The van der Waals surface area contributed by atoms with E-state index in [1.165, 1.54) is 24.3 Å². The van der Waals surface area contributed by atoms with Gasteiger partial charge in [0.1, 0.15) is 6.04 Å². The third-order valence-electron chi connectivity index (χ3n) is 10.3. The molecule has 1 aliphatic heterocycles. The molecule has 7 N–H and O–H groups in total. The monoisotopic (exact) mass is 766 g/mol. The zero-order valence-corrected chi connectivity index (χ0v) is 30.1. The maximum absolute atomic E-state index is 13.7. The fourth-order valence-corrected chi connectivity index (χ4v) is 6.99. The van der Waals surface area contributed by atoms with Crippen LogP contribution in [0.4, 0.5) is 27.6 Å². The van der Waals surface area contributed by atoms with E-state index in [-0.39, 0.29) is 47.3 Å². The fourth-order valence-electron chi connectivity index (χ4n) is 6.99. The minimum atomic E-state index is -5.85. The van der Waals surface area contributed by atoms with Crippen molar-refractivity contribution >= 4 is 23.4 Å². The molecule has 2 aliphatic rings. The highest BCUT2D eigenvalue weighted by Gasteiger charge is 2.61. The molecule has 11 nitrogen and oxygen atoms in total. The Morgan fingerprint density at radius 1 is 0.909 bits per heavy atom. The minimum absolute atomic E-state index is 0.110. The Bertz CT molecular complexity index is 1970. The van der Waals surface area contributed by atoms with E-state index in [0.717, 1.165) is 54.6 Å². The highest BCUT2D eigenvalue weighted by Crippen LogP contribution is 2.42. The number of benzene rings is 3. The molecule has 55 heavy (non-hydrogen) atoms. The standard InChI is InChI=1S/C39H43F5N8O3/c1-22-18-28(35(54)48-30-16-17-46-21-30)12-15-31(22)25-6-2-23(3-7-25)19-32(49-34(53)27-8-4-24(20-45)5-9-27)36(55)47-29-13-10-26(11-14-29)33-50-37(52-51-33)38(40,41)39(42,43)44/h2-3,6-7,10-15,18,24,27,30,32,46H,4-5,8-9,16-17,19-21,45H2,1H3,(H,47,55)(H,48,54)(H,49,53)(H,50,51,52)/t24?,27?,30?,32-/m0/s1. The van der Waals surface area contributed by atoms with Crippen molar-refractivity contribution in [3.05, 3.63) is 89.2 Å². The van der Waals surface area contributed by atoms with Crippen molar-refractivity contribution in [3.8, 4) is 22.5 Å². The number of hydrogen-bond donors (Lipinski definition) is 6. The number of nitrogens with zero attached hydrogens (tertiary/aromatic N) is 2. The molecule has 4 aromatic rings. The van der Waals surface area contributed by atoms with E-state index >= 15 is 0 Å². The van der Waals surface area contributed by atoms with Crippen LogP contribution in [-0.4, -0.2) is 70.8 Å². The topological polar surface area (TPSA) is 167 Å². The van der Waals surface area contributed by atoms with E-state index in [4.69, 9.17) is 5.73 Å². The van der Waals surface area contributed by atoms with Crippen LogP contribution in [0.3, 0.4) is 0 Å². The zero-order chi connectivity index (χ0) is 39.3. The lowest BCUT2D eigenvalue weighted by atomic mass is 9.81. The number of aryl methyl sites for hydroxylation is 1. The number of aromatic nitrogens is 3. The number of amides is 3. The predicted octanol–water partition coefficient (Wildman–Crippen LogP) is 5.62. The minimum Gasteiger partial charge on any atom is -0.348 e. The van der Waals surface area contributed by atoms with Gasteiger partial charge in [-0.05, 0) is 117 Å². The van der Waals surface area contributed by atoms with Crippen LogP contribution < -0.4 is 27.0 Å². The summed E-state index contributed by atoms with van der Waals surface area (Å²) >= 11 is 0. The molecule has 3 aromatic carbocycles. The molecular weight excluding hydrogens is 723 g/mol. The summed E-state index contributed by atoms with van der Waals surface area (Å²) in [5.74, 6) is -8.00. The Labute approximate surface area is 314 Å². The van der Waals surface area contributed by atoms with E-state index in [1.54, 1.807) is 11.2 Å². The van der Waals surface area contributed by atoms with Crippen molar-refractivity contribution in [1.29, 1.82) is 0 Å². The van der Waals surface area contributed by atoms with E-state index in [1.807, 2.05) is 43.3 Å². The van der Waals surface area contributed by atoms with Crippen LogP contribution in [-0.2, 0) is 21.9 Å². The summed E-state index contributed by atoms with van der Waals surface area (Å²) in [6, 6.07) is 17.9. The summed E-state index contributed by atoms with van der Waals surface area (Å²) in [6.45, 7) is 4.13. The predicted molar refractivity (Wildman–Crippen MR) is 196 cm³/mol. The SMILES string of the molecule is Cc1cc(C(=O)NC2CCNC2)ccc1-c1ccc(C[C@H](NC(=O)C2CCC(CN)CC2)C(=O)Nc2ccc(-c3n[nH]c(C(F)(F)C(F)(F)F)n3)cc2)cc1. The number of aromatic amines is 1. The molecular formula is C39H43F5N8O3. The molecule has 292 valence electrons. The molecule has 2 fully saturated rings. The molecule has 1 saturated carbocycles. The van der Waals surface area contributed by atoms with E-state index in [2.05, 4.69) is 31.3 Å². The quantitative estimate of drug-likeness (QED) is 0.102. The second-order valence-electron chi connectivity index (χ2n) is 14.3. The number of alkyl halides is 5. The van der Waals surface area contributed by atoms with Crippen molar-refractivity contribution in [2.24, 2.45) is 17.6 Å². The highest BCUT2D eigenvalue weighted by molar-refractivity contribution is 5.98. The average molecular weight is 767 g/mol. The smallest absolute Gasteiger partial charge is 0.348 e. The number of rotatable bonds is 12. The number of nitrogens with one attached hydrogen (secondary N) is 5. The summed E-state index contributed by atoms with van der Waals surface area (Å²) in [7, 11) is 0. The van der Waals surface area contributed by atoms with E-state index in [9.17, 15) is 36.3 Å². The van der Waals surface area contributed by atoms with Crippen molar-refractivity contribution in [1.82, 2.24) is 31.1 Å². The molecule has 0 spiro atoms. The van der Waals surface area contributed by atoms with Gasteiger partial charge in [0.15, 0.2) is 5.82 Å². The Morgan fingerprint density at radius 3 is 2.22 bits per heavy atom. The molecule has 6 rings (SSSR count). The Kier molecular flexibility index (Phi) is 12.0. The van der Waals surface area contributed by atoms with Gasteiger partial charge >= 0.3 is 12.1 Å². The van der Waals surface area contributed by atoms with Gasteiger partial charge in [0.2, 0.25) is 17.6 Å². The summed E-state index contributed by atoms with van der Waals surface area (Å²) < 4.78 is 65.8. The van der Waals surface area contributed by atoms with E-state index in [0.29, 0.717) is 30.9 Å². The van der Waals surface area contributed by atoms with Gasteiger partial charge in [0.05, 0.1) is 0 Å². The first kappa shape index (κ1) is 39.5. The molecule has 1 aromatic heterocycles. The molecule has 2 atom stereocenters. The number of carbonyl (C=O) groups is 3. The number of H-pyrrole nitrogens is 1. The van der Waals surface area contributed by atoms with Crippen LogP contribution in [0.15, 0.2) is 66.7 Å². The van der Waals surface area contributed by atoms with Gasteiger partial charge < -0.3 is 27.0 Å². The zero-order valence-electron chi connectivity index (χ0n) is 30.1. The highest BCUT2D eigenvalue weighted by atomic mass is 19.4. The van der Waals surface area contributed by atoms with Gasteiger partial charge in [-0.2, -0.15) is 27.1 Å². The lowest BCUT2D eigenvalue weighted by Gasteiger charge is -2.28. The summed E-state index contributed by atoms with van der Waals surface area (Å²) in [5.41, 5.74) is 10.4. The first-order valence-electron chi connectivity index (χ1n) is 18.2. The third-order valence-corrected chi connectivity index (χ3v) is 10.3. The molecule has 2 heterocycles. The number of carbonyl (C=O) groups excluding carboxylic acids is 3. The van der Waals surface area contributed by atoms with Gasteiger partial charge in [0.25, 0.3) is 5.91 Å². The lowest BCUT2D eigenvalue weighted by Crippen LogP contribution is -2.48. The summed E-state index contributed by atoms with van der Waals surface area (Å²) in [4.78, 5) is 43.3. The number of anilines is 1. The average Bonchev–Trinajstić information content (AvgIpc) is 3.88. The van der Waals surface area contributed by atoms with Crippen molar-refractivity contribution in [3.63, 3.8) is 0 Å².